The number of quaternary nitrogens is 1. The molecule has 0 spiro atoms. The van der Waals surface area contributed by atoms with Crippen molar-refractivity contribution >= 4 is 10.9 Å². The van der Waals surface area contributed by atoms with Crippen molar-refractivity contribution in [2.45, 2.75) is 31.5 Å². The molecule has 33 heavy (non-hydrogen) atoms. The zero-order chi connectivity index (χ0) is 23.0. The van der Waals surface area contributed by atoms with Gasteiger partial charge in [-0.2, -0.15) is 0 Å². The third-order valence-electron chi connectivity index (χ3n) is 8.02. The average molecular weight is 446 g/mol. The first-order valence-corrected chi connectivity index (χ1v) is 11.8. The highest BCUT2D eigenvalue weighted by Crippen LogP contribution is 2.48. The molecule has 172 valence electrons. The van der Waals surface area contributed by atoms with Gasteiger partial charge in [-0.3, -0.25) is 4.98 Å². The average Bonchev–Trinajstić information content (AvgIpc) is 2.87. The molecule has 5 nitrogen and oxygen atoms in total. The lowest BCUT2D eigenvalue weighted by Gasteiger charge is -2.58. The van der Waals surface area contributed by atoms with Crippen LogP contribution in [0.1, 0.15) is 30.1 Å². The number of benzene rings is 2. The maximum atomic E-state index is 11.9. The normalized spacial score (nSPS) is 27.3. The second-order valence-electron chi connectivity index (χ2n) is 9.57. The number of methoxy groups -OCH3 is 2. The summed E-state index contributed by atoms with van der Waals surface area (Å²) in [5.41, 5.74) is 3.01. The maximum absolute atomic E-state index is 11.9. The summed E-state index contributed by atoms with van der Waals surface area (Å²) in [6, 6.07) is 16.2. The number of aliphatic hydroxyl groups is 1. The molecule has 0 aliphatic carbocycles. The summed E-state index contributed by atoms with van der Waals surface area (Å²) in [5, 5.41) is 12.9. The Morgan fingerprint density at radius 3 is 2.82 bits per heavy atom. The number of piperidine rings is 3. The van der Waals surface area contributed by atoms with Crippen LogP contribution in [0.15, 0.2) is 67.4 Å². The molecule has 3 aromatic rings. The van der Waals surface area contributed by atoms with Crippen molar-refractivity contribution in [1.82, 2.24) is 4.98 Å². The topological polar surface area (TPSA) is 51.6 Å². The van der Waals surface area contributed by atoms with E-state index in [9.17, 15) is 5.11 Å². The Morgan fingerprint density at radius 2 is 2.03 bits per heavy atom. The van der Waals surface area contributed by atoms with Crippen molar-refractivity contribution in [2.24, 2.45) is 11.8 Å². The number of nitrogens with zero attached hydrogens (tertiary/aromatic N) is 2. The lowest BCUT2D eigenvalue weighted by molar-refractivity contribution is -0.984. The summed E-state index contributed by atoms with van der Waals surface area (Å²) in [6.45, 7) is 7.04. The van der Waals surface area contributed by atoms with Crippen LogP contribution in [0.25, 0.3) is 10.9 Å². The summed E-state index contributed by atoms with van der Waals surface area (Å²) in [6.07, 6.45) is 5.50. The summed E-state index contributed by atoms with van der Waals surface area (Å²) in [4.78, 5) is 4.52. The number of aromatic nitrogens is 1. The first kappa shape index (κ1) is 21.9. The van der Waals surface area contributed by atoms with E-state index in [2.05, 4.69) is 29.8 Å². The molecule has 0 amide bonds. The van der Waals surface area contributed by atoms with Gasteiger partial charge in [0.05, 0.1) is 32.8 Å². The van der Waals surface area contributed by atoms with E-state index < -0.39 is 6.10 Å². The SMILES string of the molecule is C=C[C@H]1C[N+]2(Cc3ccccc3OC)CCC1CC2[C@H](O)c1ccnc2ccc(OC)cc12. The van der Waals surface area contributed by atoms with Gasteiger partial charge in [0.1, 0.15) is 30.2 Å². The van der Waals surface area contributed by atoms with Crippen molar-refractivity contribution in [2.75, 3.05) is 27.3 Å². The van der Waals surface area contributed by atoms with E-state index in [1.54, 1.807) is 20.4 Å². The third kappa shape index (κ3) is 3.79. The molecule has 3 aliphatic heterocycles. The second-order valence-corrected chi connectivity index (χ2v) is 9.57. The smallest absolute Gasteiger partial charge is 0.131 e. The second kappa shape index (κ2) is 8.81. The van der Waals surface area contributed by atoms with Gasteiger partial charge in [0, 0.05) is 35.9 Å². The quantitative estimate of drug-likeness (QED) is 0.415. The summed E-state index contributed by atoms with van der Waals surface area (Å²) in [7, 11) is 3.40. The van der Waals surface area contributed by atoms with E-state index >= 15 is 0 Å². The summed E-state index contributed by atoms with van der Waals surface area (Å²) >= 11 is 0. The monoisotopic (exact) mass is 445 g/mol. The Morgan fingerprint density at radius 1 is 1.18 bits per heavy atom. The minimum Gasteiger partial charge on any atom is -0.497 e. The molecule has 3 fully saturated rings. The zero-order valence-electron chi connectivity index (χ0n) is 19.5. The van der Waals surface area contributed by atoms with E-state index in [0.717, 1.165) is 58.5 Å². The standard InChI is InChI=1S/C28H33N2O3/c1-4-19-17-30(18-21-7-5-6-8-27(21)33-3)14-12-20(19)15-26(30)28(31)23-11-13-29-25-10-9-22(32-2)16-24(23)25/h4-11,13,16,19-20,26,28,31H,1,12,14-15,17-18H2,2-3H3/q+1/t19-,20?,26?,28+,30?/m0/s1. The molecule has 3 aliphatic rings. The highest BCUT2D eigenvalue weighted by atomic mass is 16.5. The van der Waals surface area contributed by atoms with Crippen LogP contribution in [0.2, 0.25) is 0 Å². The minimum absolute atomic E-state index is 0.0988. The Hall–Kier alpha value is -2.89. The van der Waals surface area contributed by atoms with Crippen LogP contribution < -0.4 is 9.47 Å². The third-order valence-corrected chi connectivity index (χ3v) is 8.02. The van der Waals surface area contributed by atoms with Gasteiger partial charge in [-0.1, -0.05) is 18.2 Å². The number of pyridine rings is 1. The summed E-state index contributed by atoms with van der Waals surface area (Å²) in [5.74, 6) is 2.74. The van der Waals surface area contributed by atoms with Crippen LogP contribution in [0.3, 0.4) is 0 Å². The summed E-state index contributed by atoms with van der Waals surface area (Å²) < 4.78 is 12.0. The van der Waals surface area contributed by atoms with Gasteiger partial charge in [0.2, 0.25) is 0 Å². The molecule has 2 aromatic carbocycles. The van der Waals surface area contributed by atoms with E-state index in [4.69, 9.17) is 9.47 Å². The number of fused-ring (bicyclic) bond motifs is 4. The number of rotatable bonds is 7. The number of aliphatic hydroxyl groups excluding tert-OH is 1. The highest BCUT2D eigenvalue weighted by Gasteiger charge is 2.54. The van der Waals surface area contributed by atoms with E-state index in [-0.39, 0.29) is 6.04 Å². The Kier molecular flexibility index (Phi) is 5.85. The van der Waals surface area contributed by atoms with Gasteiger partial charge in [-0.05, 0) is 47.9 Å². The molecule has 1 N–H and O–H groups in total. The minimum atomic E-state index is -0.592. The molecular weight excluding hydrogens is 412 g/mol. The van der Waals surface area contributed by atoms with E-state index in [1.807, 2.05) is 36.4 Å². The fourth-order valence-corrected chi connectivity index (χ4v) is 6.29. The van der Waals surface area contributed by atoms with Gasteiger partial charge in [0.15, 0.2) is 0 Å². The molecule has 3 saturated heterocycles. The van der Waals surface area contributed by atoms with Gasteiger partial charge in [-0.15, -0.1) is 6.58 Å². The largest absolute Gasteiger partial charge is 0.497 e. The first-order valence-electron chi connectivity index (χ1n) is 11.8. The Balaban J connectivity index is 1.57. The molecule has 6 rings (SSSR count). The Bertz CT molecular complexity index is 1160. The molecule has 0 radical (unpaired) electrons. The molecule has 5 atom stereocenters. The van der Waals surface area contributed by atoms with Crippen molar-refractivity contribution in [3.63, 3.8) is 0 Å². The van der Waals surface area contributed by atoms with E-state index in [1.165, 1.54) is 12.0 Å². The van der Waals surface area contributed by atoms with Crippen LogP contribution in [-0.2, 0) is 6.54 Å². The lowest BCUT2D eigenvalue weighted by Crippen LogP contribution is -2.67. The molecule has 3 unspecified atom stereocenters. The van der Waals surface area contributed by atoms with Crippen molar-refractivity contribution in [1.29, 1.82) is 0 Å². The van der Waals surface area contributed by atoms with Crippen LogP contribution in [0.5, 0.6) is 11.5 Å². The lowest BCUT2D eigenvalue weighted by atomic mass is 9.71. The number of hydrogen-bond donors (Lipinski definition) is 1. The predicted molar refractivity (Wildman–Crippen MR) is 130 cm³/mol. The van der Waals surface area contributed by atoms with Crippen LogP contribution in [-0.4, -0.2) is 47.9 Å². The van der Waals surface area contributed by atoms with Crippen LogP contribution in [0.4, 0.5) is 0 Å². The number of para-hydroxylation sites is 1. The fourth-order valence-electron chi connectivity index (χ4n) is 6.29. The molecule has 0 saturated carbocycles. The fraction of sp³-hybridized carbons (Fsp3) is 0.393. The van der Waals surface area contributed by atoms with Crippen molar-refractivity contribution < 1.29 is 19.1 Å². The van der Waals surface area contributed by atoms with Gasteiger partial charge in [-0.25, -0.2) is 0 Å². The molecule has 2 bridgehead atoms. The Labute approximate surface area is 195 Å². The molecule has 5 heteroatoms. The highest BCUT2D eigenvalue weighted by molar-refractivity contribution is 5.83. The van der Waals surface area contributed by atoms with Crippen molar-refractivity contribution in [3.05, 3.63) is 78.5 Å². The maximum Gasteiger partial charge on any atom is 0.131 e. The molecular formula is C28H33N2O3+. The number of ether oxygens (including phenoxy) is 2. The molecule has 1 aromatic heterocycles. The van der Waals surface area contributed by atoms with Gasteiger partial charge >= 0.3 is 0 Å². The van der Waals surface area contributed by atoms with Gasteiger partial charge < -0.3 is 19.1 Å². The predicted octanol–water partition coefficient (Wildman–Crippen LogP) is 4.90. The zero-order valence-corrected chi connectivity index (χ0v) is 19.5. The van der Waals surface area contributed by atoms with Crippen LogP contribution >= 0.6 is 0 Å². The van der Waals surface area contributed by atoms with Crippen molar-refractivity contribution in [3.8, 4) is 11.5 Å². The van der Waals surface area contributed by atoms with E-state index in [0.29, 0.717) is 11.8 Å². The van der Waals surface area contributed by atoms with Gasteiger partial charge in [0.25, 0.3) is 0 Å². The van der Waals surface area contributed by atoms with Crippen LogP contribution in [0, 0.1) is 11.8 Å². The number of hydrogen-bond acceptors (Lipinski definition) is 4. The molecule has 4 heterocycles. The first-order chi connectivity index (χ1) is 16.1.